The molecule has 2 heterocycles. The quantitative estimate of drug-likeness (QED) is 0.213. The first-order chi connectivity index (χ1) is 16.9. The highest BCUT2D eigenvalue weighted by Gasteiger charge is 2.44. The maximum Gasteiger partial charge on any atom is 0.295 e. The van der Waals surface area contributed by atoms with Crippen LogP contribution in [0.3, 0.4) is 0 Å². The highest BCUT2D eigenvalue weighted by atomic mass is 35.5. The zero-order valence-electron chi connectivity index (χ0n) is 19.5. The number of rotatable bonds is 9. The Balaban J connectivity index is 1.73. The summed E-state index contributed by atoms with van der Waals surface area (Å²) >= 11 is 6.22. The second kappa shape index (κ2) is 10.7. The number of aromatic nitrogens is 2. The lowest BCUT2D eigenvalue weighted by atomic mass is 9.95. The van der Waals surface area contributed by atoms with Crippen molar-refractivity contribution in [1.29, 1.82) is 0 Å². The molecule has 1 aromatic heterocycles. The first-order valence-electron chi connectivity index (χ1n) is 11.3. The molecule has 4 rings (SSSR count). The predicted molar refractivity (Wildman–Crippen MR) is 128 cm³/mol. The van der Waals surface area contributed by atoms with Crippen molar-refractivity contribution in [1.82, 2.24) is 9.88 Å². The van der Waals surface area contributed by atoms with Crippen LogP contribution < -0.4 is 19.1 Å². The van der Waals surface area contributed by atoms with Crippen molar-refractivity contribution in [3.8, 4) is 11.5 Å². The summed E-state index contributed by atoms with van der Waals surface area (Å²) in [4.78, 5) is 30.7. The van der Waals surface area contributed by atoms with Crippen LogP contribution in [0.5, 0.6) is 11.5 Å². The Hall–Kier alpha value is -3.78. The number of nitrogens with one attached hydrogen (secondary N) is 1. The van der Waals surface area contributed by atoms with Gasteiger partial charge in [-0.1, -0.05) is 35.6 Å². The van der Waals surface area contributed by atoms with E-state index in [1.54, 1.807) is 36.5 Å². The van der Waals surface area contributed by atoms with E-state index in [-0.39, 0.29) is 16.2 Å². The zero-order chi connectivity index (χ0) is 24.9. The predicted octanol–water partition coefficient (Wildman–Crippen LogP) is 2.68. The number of likely N-dealkylation sites (tertiary alicyclic amines) is 1. The smallest absolute Gasteiger partial charge is 0.295 e. The number of halogens is 1. The molecule has 1 saturated heterocycles. The standard InChI is InChI=1S/C26H26ClN3O5/c1-3-35-19-8-5-17(6-9-19)23-22(24(31)18-7-10-21(34-2)20(27)15-18)25(32)26(33)30(23)13-4-12-29-14-11-28-16-29/h5-11,14-16,23H,3-4,12-13H2,1-2H3,(H,31,32). The van der Waals surface area contributed by atoms with Crippen LogP contribution in [-0.4, -0.2) is 41.8 Å². The number of imidazole rings is 1. The Kier molecular flexibility index (Phi) is 7.41. The molecule has 0 saturated carbocycles. The second-order valence-corrected chi connectivity index (χ2v) is 8.43. The number of ketones is 1. The van der Waals surface area contributed by atoms with Crippen LogP contribution >= 0.6 is 11.6 Å². The molecule has 3 aromatic rings. The fourth-order valence-electron chi connectivity index (χ4n) is 4.21. The van der Waals surface area contributed by atoms with E-state index in [0.717, 1.165) is 0 Å². The number of aryl methyl sites for hydroxylation is 1. The Morgan fingerprint density at radius 2 is 1.97 bits per heavy atom. The molecule has 9 heteroatoms. The van der Waals surface area contributed by atoms with Crippen LogP contribution in [0, 0.1) is 0 Å². The minimum atomic E-state index is -0.810. The minimum absolute atomic E-state index is 0.0882. The molecule has 1 aliphatic rings. The Bertz CT molecular complexity index is 1240. The number of hydrogen-bond donors (Lipinski definition) is 1. The third kappa shape index (κ3) is 5.02. The van der Waals surface area contributed by atoms with E-state index in [4.69, 9.17) is 21.1 Å². The van der Waals surface area contributed by atoms with Crippen molar-refractivity contribution in [2.45, 2.75) is 25.9 Å². The topological polar surface area (TPSA) is 98.6 Å². The first kappa shape index (κ1) is 24.3. The van der Waals surface area contributed by atoms with Gasteiger partial charge >= 0.3 is 0 Å². The monoisotopic (exact) mass is 495 g/mol. The molecule has 8 nitrogen and oxygen atoms in total. The number of hydrogen-bond acceptors (Lipinski definition) is 5. The molecule has 35 heavy (non-hydrogen) atoms. The molecule has 1 aliphatic heterocycles. The first-order valence-corrected chi connectivity index (χ1v) is 11.7. The summed E-state index contributed by atoms with van der Waals surface area (Å²) in [6.07, 6.45) is 6.10. The second-order valence-electron chi connectivity index (χ2n) is 8.03. The van der Waals surface area contributed by atoms with Crippen LogP contribution in [0.4, 0.5) is 0 Å². The molecular formula is C26H26ClN3O5. The number of amides is 1. The highest BCUT2D eigenvalue weighted by Crippen LogP contribution is 2.40. The average molecular weight is 496 g/mol. The molecule has 0 bridgehead atoms. The van der Waals surface area contributed by atoms with E-state index in [0.29, 0.717) is 43.2 Å². The number of Topliss-reactive ketones (excluding diaryl/α,β-unsaturated/α-hetero) is 1. The van der Waals surface area contributed by atoms with E-state index >= 15 is 0 Å². The van der Waals surface area contributed by atoms with Gasteiger partial charge in [0.25, 0.3) is 5.91 Å². The largest absolute Gasteiger partial charge is 0.872 e. The Morgan fingerprint density at radius 1 is 1.20 bits per heavy atom. The van der Waals surface area contributed by atoms with Crippen LogP contribution in [-0.2, 0) is 16.1 Å². The lowest BCUT2D eigenvalue weighted by molar-refractivity contribution is -0.695. The SMILES string of the molecule is CCOc1ccc(C2C(=C([O-])c3ccc(OC)c(Cl)c3)C(=O)C(=O)N2CCC[n+]2cc[nH]c2)cc1. The van der Waals surface area contributed by atoms with E-state index in [2.05, 4.69) is 4.98 Å². The summed E-state index contributed by atoms with van der Waals surface area (Å²) in [7, 11) is 1.47. The number of carbonyl (C=O) groups is 2. The van der Waals surface area contributed by atoms with Gasteiger partial charge in [-0.15, -0.1) is 0 Å². The molecule has 1 fully saturated rings. The molecular weight excluding hydrogens is 470 g/mol. The van der Waals surface area contributed by atoms with Gasteiger partial charge < -0.3 is 19.5 Å². The molecule has 182 valence electrons. The van der Waals surface area contributed by atoms with Crippen LogP contribution in [0.1, 0.15) is 30.5 Å². The third-order valence-corrected chi connectivity index (χ3v) is 6.16. The van der Waals surface area contributed by atoms with Crippen molar-refractivity contribution in [3.63, 3.8) is 0 Å². The van der Waals surface area contributed by atoms with Crippen LogP contribution in [0.2, 0.25) is 5.02 Å². The maximum absolute atomic E-state index is 13.5. The van der Waals surface area contributed by atoms with Crippen molar-refractivity contribution < 1.29 is 28.7 Å². The maximum atomic E-state index is 13.5. The van der Waals surface area contributed by atoms with E-state index < -0.39 is 23.5 Å². The molecule has 0 aliphatic carbocycles. The Labute approximate surface area is 208 Å². The Morgan fingerprint density at radius 3 is 2.60 bits per heavy atom. The van der Waals surface area contributed by atoms with Gasteiger partial charge in [0, 0.05) is 18.5 Å². The van der Waals surface area contributed by atoms with Gasteiger partial charge in [-0.05, 0) is 42.3 Å². The highest BCUT2D eigenvalue weighted by molar-refractivity contribution is 6.46. The van der Waals surface area contributed by atoms with Gasteiger partial charge in [-0.25, -0.2) is 4.57 Å². The number of aromatic amines is 1. The number of benzene rings is 2. The minimum Gasteiger partial charge on any atom is -0.872 e. The van der Waals surface area contributed by atoms with Gasteiger partial charge in [0.2, 0.25) is 12.1 Å². The summed E-state index contributed by atoms with van der Waals surface area (Å²) in [5.74, 6) is -0.943. The number of H-pyrrole nitrogens is 1. The van der Waals surface area contributed by atoms with E-state index in [1.807, 2.05) is 24.0 Å². The summed E-state index contributed by atoms with van der Waals surface area (Å²) in [6, 6.07) is 10.9. The lowest BCUT2D eigenvalue weighted by Crippen LogP contribution is -2.36. The summed E-state index contributed by atoms with van der Waals surface area (Å²) in [5.41, 5.74) is 0.784. The van der Waals surface area contributed by atoms with E-state index in [1.165, 1.54) is 24.1 Å². The van der Waals surface area contributed by atoms with E-state index in [9.17, 15) is 14.7 Å². The van der Waals surface area contributed by atoms with Crippen molar-refractivity contribution in [3.05, 3.63) is 82.9 Å². The number of ether oxygens (including phenoxy) is 2. The third-order valence-electron chi connectivity index (χ3n) is 5.87. The number of carbonyl (C=O) groups excluding carboxylic acids is 2. The van der Waals surface area contributed by atoms with Crippen molar-refractivity contribution >= 4 is 29.1 Å². The van der Waals surface area contributed by atoms with Gasteiger partial charge in [-0.2, -0.15) is 0 Å². The molecule has 0 radical (unpaired) electrons. The van der Waals surface area contributed by atoms with Gasteiger partial charge in [0.15, 0.2) is 0 Å². The molecule has 1 unspecified atom stereocenters. The summed E-state index contributed by atoms with van der Waals surface area (Å²) in [6.45, 7) is 3.35. The fraction of sp³-hybridized carbons (Fsp3) is 0.269. The van der Waals surface area contributed by atoms with Crippen molar-refractivity contribution in [2.24, 2.45) is 0 Å². The van der Waals surface area contributed by atoms with Crippen LogP contribution in [0.25, 0.3) is 5.76 Å². The molecule has 1 atom stereocenters. The van der Waals surface area contributed by atoms with Crippen molar-refractivity contribution in [2.75, 3.05) is 20.3 Å². The summed E-state index contributed by atoms with van der Waals surface area (Å²) in [5, 5.41) is 13.8. The molecule has 1 amide bonds. The van der Waals surface area contributed by atoms with Crippen LogP contribution in [0.15, 0.2) is 66.8 Å². The molecule has 1 N–H and O–H groups in total. The molecule has 0 spiro atoms. The lowest BCUT2D eigenvalue weighted by Gasteiger charge is -2.27. The average Bonchev–Trinajstić information content (AvgIpc) is 3.46. The van der Waals surface area contributed by atoms with Gasteiger partial charge in [0.05, 0.1) is 31.3 Å². The normalized spacial score (nSPS) is 17.1. The van der Waals surface area contributed by atoms with Gasteiger partial charge in [0.1, 0.15) is 23.9 Å². The summed E-state index contributed by atoms with van der Waals surface area (Å²) < 4.78 is 12.6. The number of nitrogens with zero attached hydrogens (tertiary/aromatic N) is 2. The number of methoxy groups -OCH3 is 1. The fourth-order valence-corrected chi connectivity index (χ4v) is 4.46. The molecule has 2 aromatic carbocycles. The zero-order valence-corrected chi connectivity index (χ0v) is 20.2. The van der Waals surface area contributed by atoms with Gasteiger partial charge in [-0.3, -0.25) is 14.6 Å².